The van der Waals surface area contributed by atoms with Gasteiger partial charge in [-0.05, 0) is 47.4 Å². The molecule has 0 amide bonds. The molecule has 0 spiro atoms. The molecule has 7 nitrogen and oxygen atoms in total. The Labute approximate surface area is 215 Å². The smallest absolute Gasteiger partial charge is 0.139 e. The fourth-order valence-corrected chi connectivity index (χ4v) is 4.82. The monoisotopic (exact) mass is 504 g/mol. The molecule has 1 aliphatic heterocycles. The third-order valence-electron chi connectivity index (χ3n) is 6.58. The highest BCUT2D eigenvalue weighted by molar-refractivity contribution is 6.33. The molecule has 1 unspecified atom stereocenters. The lowest BCUT2D eigenvalue weighted by molar-refractivity contribution is -0.0311. The van der Waals surface area contributed by atoms with Crippen LogP contribution in [0.5, 0.6) is 0 Å². The topological polar surface area (TPSA) is 105 Å². The van der Waals surface area contributed by atoms with Crippen LogP contribution in [0, 0.1) is 0 Å². The maximum absolute atomic E-state index is 10.1. The summed E-state index contributed by atoms with van der Waals surface area (Å²) in [4.78, 5) is 10.0. The Bertz CT molecular complexity index is 1330. The predicted molar refractivity (Wildman–Crippen MR) is 142 cm³/mol. The van der Waals surface area contributed by atoms with Gasteiger partial charge in [0.2, 0.25) is 0 Å². The molecule has 1 aliphatic rings. The van der Waals surface area contributed by atoms with E-state index in [0.29, 0.717) is 23.9 Å². The SMILES string of the molecule is OC[C@H](O)C(O)CN1CCc2c(cccc2Nc2ccc(Cl)c(-c3ncc(-c4ccccc4)[nH]3)c2)C1. The molecule has 186 valence electrons. The van der Waals surface area contributed by atoms with Crippen LogP contribution < -0.4 is 5.32 Å². The number of hydrogen-bond donors (Lipinski definition) is 5. The van der Waals surface area contributed by atoms with Crippen molar-refractivity contribution in [1.82, 2.24) is 14.9 Å². The Morgan fingerprint density at radius 2 is 1.86 bits per heavy atom. The lowest BCUT2D eigenvalue weighted by Gasteiger charge is -2.32. The Hall–Kier alpha value is -3.20. The van der Waals surface area contributed by atoms with Gasteiger partial charge < -0.3 is 25.6 Å². The van der Waals surface area contributed by atoms with Crippen LogP contribution in [0.4, 0.5) is 11.4 Å². The van der Waals surface area contributed by atoms with Crippen molar-refractivity contribution in [1.29, 1.82) is 0 Å². The van der Waals surface area contributed by atoms with E-state index in [2.05, 4.69) is 32.3 Å². The summed E-state index contributed by atoms with van der Waals surface area (Å²) in [6.07, 6.45) is 0.516. The highest BCUT2D eigenvalue weighted by Crippen LogP contribution is 2.33. The molecule has 0 aliphatic carbocycles. The van der Waals surface area contributed by atoms with E-state index in [0.717, 1.165) is 41.2 Å². The number of β-amino-alcohol motifs (C(OH)–C–C–N with tert-alkyl or cyclic N) is 1. The number of halogens is 1. The molecule has 0 radical (unpaired) electrons. The predicted octanol–water partition coefficient (Wildman–Crippen LogP) is 4.21. The van der Waals surface area contributed by atoms with Crippen LogP contribution in [-0.4, -0.2) is 62.1 Å². The van der Waals surface area contributed by atoms with Crippen LogP contribution in [0.25, 0.3) is 22.6 Å². The number of fused-ring (bicyclic) bond motifs is 1. The molecule has 0 saturated heterocycles. The molecular formula is C28H29ClN4O3. The second kappa shape index (κ2) is 10.8. The van der Waals surface area contributed by atoms with E-state index in [9.17, 15) is 10.2 Å². The van der Waals surface area contributed by atoms with Crippen molar-refractivity contribution in [2.24, 2.45) is 0 Å². The largest absolute Gasteiger partial charge is 0.394 e. The summed E-state index contributed by atoms with van der Waals surface area (Å²) < 4.78 is 0. The molecule has 3 aromatic carbocycles. The Morgan fingerprint density at radius 3 is 2.67 bits per heavy atom. The van der Waals surface area contributed by atoms with Gasteiger partial charge in [0.1, 0.15) is 11.9 Å². The van der Waals surface area contributed by atoms with Crippen molar-refractivity contribution in [2.45, 2.75) is 25.2 Å². The lowest BCUT2D eigenvalue weighted by atomic mass is 9.97. The van der Waals surface area contributed by atoms with Crippen molar-refractivity contribution in [2.75, 3.05) is 25.0 Å². The quantitative estimate of drug-likeness (QED) is 0.246. The van der Waals surface area contributed by atoms with Gasteiger partial charge >= 0.3 is 0 Å². The first-order valence-corrected chi connectivity index (χ1v) is 12.4. The molecule has 2 atom stereocenters. The number of aromatic nitrogens is 2. The van der Waals surface area contributed by atoms with Crippen molar-refractivity contribution in [3.63, 3.8) is 0 Å². The summed E-state index contributed by atoms with van der Waals surface area (Å²) in [5.41, 5.74) is 7.14. The van der Waals surface area contributed by atoms with Crippen molar-refractivity contribution < 1.29 is 15.3 Å². The van der Waals surface area contributed by atoms with Crippen LogP contribution >= 0.6 is 11.6 Å². The first-order chi connectivity index (χ1) is 17.5. The molecule has 0 bridgehead atoms. The van der Waals surface area contributed by atoms with Gasteiger partial charge in [-0.1, -0.05) is 54.1 Å². The third kappa shape index (κ3) is 5.31. The molecule has 0 saturated carbocycles. The zero-order valence-corrected chi connectivity index (χ0v) is 20.5. The summed E-state index contributed by atoms with van der Waals surface area (Å²) in [7, 11) is 0. The molecule has 5 N–H and O–H groups in total. The van der Waals surface area contributed by atoms with Gasteiger partial charge in [0.25, 0.3) is 0 Å². The van der Waals surface area contributed by atoms with E-state index in [-0.39, 0.29) is 0 Å². The summed E-state index contributed by atoms with van der Waals surface area (Å²) in [6, 6.07) is 22.0. The van der Waals surface area contributed by atoms with Crippen LogP contribution in [0.3, 0.4) is 0 Å². The minimum atomic E-state index is -1.13. The van der Waals surface area contributed by atoms with Gasteiger partial charge in [0, 0.05) is 36.6 Å². The number of nitrogens with one attached hydrogen (secondary N) is 2. The van der Waals surface area contributed by atoms with Crippen molar-refractivity contribution >= 4 is 23.0 Å². The standard InChI is InChI=1S/C28H29ClN4O3/c29-23-10-9-20(13-22(23)28-30-14-25(32-28)18-5-2-1-3-6-18)31-24-8-4-7-19-15-33(12-11-21(19)24)16-26(35)27(36)17-34/h1-10,13-14,26-27,31,34-36H,11-12,15-17H2,(H,30,32)/t26?,27-/m0/s1. The highest BCUT2D eigenvalue weighted by Gasteiger charge is 2.24. The summed E-state index contributed by atoms with van der Waals surface area (Å²) in [5.74, 6) is 0.705. The fraction of sp³-hybridized carbons (Fsp3) is 0.250. The van der Waals surface area contributed by atoms with Crippen LogP contribution in [0.2, 0.25) is 5.02 Å². The molecular weight excluding hydrogens is 476 g/mol. The molecule has 4 aromatic rings. The first kappa shape index (κ1) is 24.5. The van der Waals surface area contributed by atoms with Gasteiger partial charge in [-0.25, -0.2) is 4.98 Å². The maximum Gasteiger partial charge on any atom is 0.139 e. The number of aliphatic hydroxyl groups is 3. The Morgan fingerprint density at radius 1 is 1.03 bits per heavy atom. The lowest BCUT2D eigenvalue weighted by Crippen LogP contribution is -2.42. The van der Waals surface area contributed by atoms with E-state index >= 15 is 0 Å². The van der Waals surface area contributed by atoms with E-state index in [1.165, 1.54) is 11.1 Å². The van der Waals surface area contributed by atoms with Crippen LogP contribution in [0.1, 0.15) is 11.1 Å². The normalized spacial score (nSPS) is 15.3. The molecule has 36 heavy (non-hydrogen) atoms. The van der Waals surface area contributed by atoms with E-state index in [1.54, 1.807) is 0 Å². The second-order valence-electron chi connectivity index (χ2n) is 9.08. The molecule has 2 heterocycles. The number of H-pyrrole nitrogens is 1. The maximum atomic E-state index is 10.1. The Kier molecular flexibility index (Phi) is 7.36. The molecule has 1 aromatic heterocycles. The number of nitrogens with zero attached hydrogens (tertiary/aromatic N) is 2. The van der Waals surface area contributed by atoms with Gasteiger partial charge in [-0.15, -0.1) is 0 Å². The van der Waals surface area contributed by atoms with E-state index < -0.39 is 18.8 Å². The number of anilines is 2. The number of imidazole rings is 1. The second-order valence-corrected chi connectivity index (χ2v) is 9.48. The first-order valence-electron chi connectivity index (χ1n) is 12.0. The zero-order chi connectivity index (χ0) is 25.1. The number of aliphatic hydroxyl groups excluding tert-OH is 3. The summed E-state index contributed by atoms with van der Waals surface area (Å²) >= 11 is 6.55. The minimum absolute atomic E-state index is 0.313. The van der Waals surface area contributed by atoms with Crippen LogP contribution in [-0.2, 0) is 13.0 Å². The zero-order valence-electron chi connectivity index (χ0n) is 19.7. The third-order valence-corrected chi connectivity index (χ3v) is 6.91. The highest BCUT2D eigenvalue weighted by atomic mass is 35.5. The number of hydrogen-bond acceptors (Lipinski definition) is 6. The van der Waals surface area contributed by atoms with Gasteiger partial charge in [0.05, 0.1) is 29.6 Å². The number of rotatable bonds is 8. The molecule has 8 heteroatoms. The van der Waals surface area contributed by atoms with Crippen LogP contribution in [0.15, 0.2) is 72.9 Å². The molecule has 5 rings (SSSR count). The number of benzene rings is 3. The van der Waals surface area contributed by atoms with Crippen molar-refractivity contribution in [3.05, 3.63) is 89.1 Å². The number of aromatic amines is 1. The van der Waals surface area contributed by atoms with E-state index in [4.69, 9.17) is 16.7 Å². The fourth-order valence-electron chi connectivity index (χ4n) is 4.61. The average molecular weight is 505 g/mol. The minimum Gasteiger partial charge on any atom is -0.394 e. The van der Waals surface area contributed by atoms with Gasteiger partial charge in [-0.2, -0.15) is 0 Å². The summed E-state index contributed by atoms with van der Waals surface area (Å²) in [6.45, 7) is 1.28. The molecule has 0 fully saturated rings. The van der Waals surface area contributed by atoms with Crippen molar-refractivity contribution in [3.8, 4) is 22.6 Å². The Balaban J connectivity index is 1.34. The average Bonchev–Trinajstić information content (AvgIpc) is 3.40. The summed E-state index contributed by atoms with van der Waals surface area (Å²) in [5, 5.41) is 33.0. The van der Waals surface area contributed by atoms with Gasteiger partial charge in [-0.3, -0.25) is 4.90 Å². The van der Waals surface area contributed by atoms with E-state index in [1.807, 2.05) is 60.8 Å². The van der Waals surface area contributed by atoms with Gasteiger partial charge in [0.15, 0.2) is 0 Å².